The quantitative estimate of drug-likeness (QED) is 0.293. The number of sulfonamides is 1. The van der Waals surface area contributed by atoms with Crippen LogP contribution >= 0.6 is 0 Å². The lowest BCUT2D eigenvalue weighted by Gasteiger charge is -2.31. The molecule has 7 nitrogen and oxygen atoms in total. The molecular weight excluding hydrogens is 524 g/mol. The Bertz CT molecular complexity index is 1440. The van der Waals surface area contributed by atoms with Crippen molar-refractivity contribution in [2.45, 2.75) is 63.0 Å². The first-order chi connectivity index (χ1) is 18.9. The highest BCUT2D eigenvalue weighted by Gasteiger charge is 2.30. The average molecular weight is 565 g/mol. The number of nitrogens with one attached hydrogen (secondary N) is 1. The lowest BCUT2D eigenvalue weighted by atomic mass is 9.88. The summed E-state index contributed by atoms with van der Waals surface area (Å²) in [6.45, 7) is 6.35. The van der Waals surface area contributed by atoms with E-state index >= 15 is 0 Å². The topological polar surface area (TPSA) is 107 Å². The maximum absolute atomic E-state index is 13.6. The van der Waals surface area contributed by atoms with E-state index in [0.29, 0.717) is 29.0 Å². The summed E-state index contributed by atoms with van der Waals surface area (Å²) >= 11 is 0. The second-order valence-corrected chi connectivity index (χ2v) is 13.5. The van der Waals surface area contributed by atoms with Gasteiger partial charge in [-0.05, 0) is 91.5 Å². The summed E-state index contributed by atoms with van der Waals surface area (Å²) in [6, 6.07) is 20.1. The van der Waals surface area contributed by atoms with Gasteiger partial charge in [-0.2, -0.15) is 4.31 Å². The Balaban J connectivity index is 1.41. The van der Waals surface area contributed by atoms with Crippen molar-refractivity contribution < 1.29 is 23.4 Å². The first-order valence-corrected chi connectivity index (χ1v) is 15.3. The molecule has 3 N–H and O–H groups in total. The monoisotopic (exact) mass is 564 g/mol. The molecule has 0 saturated carbocycles. The number of carboxylic acid groups (broad SMARTS) is 1. The standard InChI is InChI=1S/C32H40N2O5S/c1-5-28-29(25-12-8-13-26(18-25)31(36)37)14-9-15-30(28)40(38,39)34(4)21-27(35)20-33-32(2,3)19-22-16-23-10-6-7-11-24(23)17-22/h6-15,18,22,27,33,35H,5,16-17,19-21H2,1-4H3,(H,36,37)/t27-/m1/s1. The van der Waals surface area contributed by atoms with Crippen LogP contribution in [0.5, 0.6) is 0 Å². The van der Waals surface area contributed by atoms with Crippen molar-refractivity contribution in [3.05, 3.63) is 89.0 Å². The second-order valence-electron chi connectivity index (χ2n) is 11.5. The van der Waals surface area contributed by atoms with E-state index in [4.69, 9.17) is 0 Å². The molecule has 3 aromatic carbocycles. The molecule has 0 bridgehead atoms. The molecule has 0 amide bonds. The lowest BCUT2D eigenvalue weighted by Crippen LogP contribution is -2.47. The molecule has 0 radical (unpaired) electrons. The predicted octanol–water partition coefficient (Wildman–Crippen LogP) is 4.77. The molecular formula is C32H40N2O5S. The zero-order chi connectivity index (χ0) is 29.1. The van der Waals surface area contributed by atoms with Crippen LogP contribution in [0.3, 0.4) is 0 Å². The molecule has 0 fully saturated rings. The highest BCUT2D eigenvalue weighted by atomic mass is 32.2. The largest absolute Gasteiger partial charge is 0.478 e. The molecule has 0 unspecified atom stereocenters. The van der Waals surface area contributed by atoms with Crippen molar-refractivity contribution in [2.24, 2.45) is 5.92 Å². The minimum absolute atomic E-state index is 0.0534. The first kappa shape index (κ1) is 29.9. The molecule has 4 rings (SSSR count). The minimum atomic E-state index is -3.91. The number of nitrogens with zero attached hydrogens (tertiary/aromatic N) is 1. The van der Waals surface area contributed by atoms with Gasteiger partial charge in [-0.3, -0.25) is 0 Å². The van der Waals surface area contributed by atoms with Crippen molar-refractivity contribution in [3.8, 4) is 11.1 Å². The number of fused-ring (bicyclic) bond motifs is 1. The Morgan fingerprint density at radius 1 is 1.05 bits per heavy atom. The van der Waals surface area contributed by atoms with Gasteiger partial charge in [0, 0.05) is 25.7 Å². The summed E-state index contributed by atoms with van der Waals surface area (Å²) in [4.78, 5) is 11.6. The number of carboxylic acids is 1. The SMILES string of the molecule is CCc1c(-c2cccc(C(=O)O)c2)cccc1S(=O)(=O)N(C)C[C@H](O)CNC(C)(C)CC1Cc2ccccc2C1. The molecule has 0 aromatic heterocycles. The number of β-amino-alcohol motifs (C(OH)–C–C–N with tert-alkyl or cyclic N) is 1. The van der Waals surface area contributed by atoms with Gasteiger partial charge in [0.2, 0.25) is 10.0 Å². The minimum Gasteiger partial charge on any atom is -0.478 e. The number of aliphatic hydroxyl groups is 1. The van der Waals surface area contributed by atoms with Gasteiger partial charge >= 0.3 is 5.97 Å². The number of hydrogen-bond donors (Lipinski definition) is 3. The fraction of sp³-hybridized carbons (Fsp3) is 0.406. The molecule has 0 aliphatic heterocycles. The van der Waals surface area contributed by atoms with E-state index in [9.17, 15) is 23.4 Å². The van der Waals surface area contributed by atoms with Gasteiger partial charge in [-0.1, -0.05) is 55.5 Å². The van der Waals surface area contributed by atoms with Crippen molar-refractivity contribution in [1.82, 2.24) is 9.62 Å². The lowest BCUT2D eigenvalue weighted by molar-refractivity contribution is 0.0697. The van der Waals surface area contributed by atoms with Gasteiger partial charge in [-0.15, -0.1) is 0 Å². The Morgan fingerprint density at radius 2 is 1.70 bits per heavy atom. The first-order valence-electron chi connectivity index (χ1n) is 13.8. The van der Waals surface area contributed by atoms with E-state index in [1.807, 2.05) is 13.0 Å². The fourth-order valence-electron chi connectivity index (χ4n) is 5.87. The summed E-state index contributed by atoms with van der Waals surface area (Å²) in [6.07, 6.45) is 2.63. The number of aromatic carboxylic acids is 1. The van der Waals surface area contributed by atoms with Gasteiger partial charge in [0.1, 0.15) is 0 Å². The second kappa shape index (κ2) is 12.2. The van der Waals surface area contributed by atoms with Crippen molar-refractivity contribution in [2.75, 3.05) is 20.1 Å². The molecule has 0 spiro atoms. The molecule has 8 heteroatoms. The highest BCUT2D eigenvalue weighted by molar-refractivity contribution is 7.89. The van der Waals surface area contributed by atoms with Crippen LogP contribution < -0.4 is 5.32 Å². The summed E-state index contributed by atoms with van der Waals surface area (Å²) in [7, 11) is -2.42. The fourth-order valence-corrected chi connectivity index (χ4v) is 7.39. The van der Waals surface area contributed by atoms with Gasteiger partial charge in [0.15, 0.2) is 0 Å². The van der Waals surface area contributed by atoms with Gasteiger partial charge in [0.25, 0.3) is 0 Å². The number of likely N-dealkylation sites (N-methyl/N-ethyl adjacent to an activating group) is 1. The van der Waals surface area contributed by atoms with Crippen molar-refractivity contribution in [1.29, 1.82) is 0 Å². The number of carbonyl (C=O) groups is 1. The van der Waals surface area contributed by atoms with Gasteiger partial charge < -0.3 is 15.5 Å². The van der Waals surface area contributed by atoms with E-state index in [-0.39, 0.29) is 29.1 Å². The van der Waals surface area contributed by atoms with E-state index in [1.54, 1.807) is 30.3 Å². The third-order valence-electron chi connectivity index (χ3n) is 7.81. The number of rotatable bonds is 12. The third-order valence-corrected chi connectivity index (χ3v) is 9.72. The van der Waals surface area contributed by atoms with Crippen LogP contribution in [0.15, 0.2) is 71.6 Å². The Hall–Kier alpha value is -3.04. The zero-order valence-electron chi connectivity index (χ0n) is 23.7. The highest BCUT2D eigenvalue weighted by Crippen LogP contribution is 2.33. The summed E-state index contributed by atoms with van der Waals surface area (Å²) in [5, 5.41) is 23.7. The number of hydrogen-bond acceptors (Lipinski definition) is 5. The maximum atomic E-state index is 13.6. The number of benzene rings is 3. The Labute approximate surface area is 237 Å². The molecule has 40 heavy (non-hydrogen) atoms. The Kier molecular flexibility index (Phi) is 9.15. The molecule has 0 heterocycles. The van der Waals surface area contributed by atoms with Crippen LogP contribution in [0.4, 0.5) is 0 Å². The summed E-state index contributed by atoms with van der Waals surface area (Å²) in [5.74, 6) is -0.501. The maximum Gasteiger partial charge on any atom is 0.335 e. The predicted molar refractivity (Wildman–Crippen MR) is 158 cm³/mol. The van der Waals surface area contributed by atoms with Crippen LogP contribution in [0, 0.1) is 5.92 Å². The third kappa shape index (κ3) is 6.81. The van der Waals surface area contributed by atoms with Crippen LogP contribution in [0.1, 0.15) is 54.2 Å². The van der Waals surface area contributed by atoms with Crippen molar-refractivity contribution >= 4 is 16.0 Å². The van der Waals surface area contributed by atoms with Crippen LogP contribution in [-0.2, 0) is 29.3 Å². The van der Waals surface area contributed by atoms with Gasteiger partial charge in [-0.25, -0.2) is 13.2 Å². The molecule has 1 aliphatic rings. The summed E-state index contributed by atoms with van der Waals surface area (Å²) in [5.41, 5.74) is 4.70. The van der Waals surface area contributed by atoms with Crippen LogP contribution in [0.2, 0.25) is 0 Å². The Morgan fingerprint density at radius 3 is 2.33 bits per heavy atom. The molecule has 1 aliphatic carbocycles. The van der Waals surface area contributed by atoms with Gasteiger partial charge in [0.05, 0.1) is 16.6 Å². The smallest absolute Gasteiger partial charge is 0.335 e. The molecule has 3 aromatic rings. The summed E-state index contributed by atoms with van der Waals surface area (Å²) < 4.78 is 28.5. The molecule has 1 atom stereocenters. The van der Waals surface area contributed by atoms with E-state index < -0.39 is 22.1 Å². The van der Waals surface area contributed by atoms with Crippen LogP contribution in [-0.4, -0.2) is 60.7 Å². The van der Waals surface area contributed by atoms with E-state index in [1.165, 1.54) is 28.5 Å². The molecule has 214 valence electrons. The average Bonchev–Trinajstić information content (AvgIpc) is 3.33. The van der Waals surface area contributed by atoms with E-state index in [2.05, 4.69) is 43.4 Å². The van der Waals surface area contributed by atoms with Crippen molar-refractivity contribution in [3.63, 3.8) is 0 Å². The van der Waals surface area contributed by atoms with E-state index in [0.717, 1.165) is 19.3 Å². The van der Waals surface area contributed by atoms with Crippen LogP contribution in [0.25, 0.3) is 11.1 Å². The number of aliphatic hydroxyl groups excluding tert-OH is 1. The molecule has 0 saturated heterocycles. The normalized spacial score (nSPS) is 14.8. The zero-order valence-corrected chi connectivity index (χ0v) is 24.5.